The van der Waals surface area contributed by atoms with Gasteiger partial charge in [-0.1, -0.05) is 24.1 Å². The van der Waals surface area contributed by atoms with Crippen molar-refractivity contribution in [2.24, 2.45) is 0 Å². The van der Waals surface area contributed by atoms with Crippen molar-refractivity contribution in [3.05, 3.63) is 29.8 Å². The van der Waals surface area contributed by atoms with Crippen LogP contribution in [-0.2, 0) is 4.79 Å². The Morgan fingerprint density at radius 1 is 1.47 bits per heavy atom. The first kappa shape index (κ1) is 13.1. The van der Waals surface area contributed by atoms with E-state index in [0.717, 1.165) is 11.3 Å². The first-order chi connectivity index (χ1) is 8.13. The smallest absolute Gasteiger partial charge is 0.296 e. The molecule has 0 fully saturated rings. The van der Waals surface area contributed by atoms with Crippen LogP contribution >= 0.6 is 0 Å². The zero-order valence-corrected chi connectivity index (χ0v) is 10.4. The lowest BCUT2D eigenvalue weighted by molar-refractivity contribution is -0.116. The number of rotatable bonds is 4. The van der Waals surface area contributed by atoms with Crippen LogP contribution in [0.5, 0.6) is 5.75 Å². The molecule has 0 spiro atoms. The average molecular weight is 231 g/mol. The number of benzene rings is 1. The van der Waals surface area contributed by atoms with Crippen LogP contribution in [-0.4, -0.2) is 18.6 Å². The molecular weight excluding hydrogens is 214 g/mol. The molecule has 0 aliphatic heterocycles. The van der Waals surface area contributed by atoms with Crippen LogP contribution in [0.3, 0.4) is 0 Å². The largest absolute Gasteiger partial charge is 0.489 e. The number of hydrogen-bond donors (Lipinski definition) is 1. The fourth-order valence-electron chi connectivity index (χ4n) is 1.34. The lowest BCUT2D eigenvalue weighted by Crippen LogP contribution is -2.32. The van der Waals surface area contributed by atoms with Crippen LogP contribution in [0.1, 0.15) is 19.4 Å². The summed E-state index contributed by atoms with van der Waals surface area (Å²) in [6, 6.07) is 7.80. The Hall–Kier alpha value is -1.95. The second-order valence-corrected chi connectivity index (χ2v) is 3.78. The number of carbonyl (C=O) groups excluding carboxylic acids is 1. The molecule has 1 amide bonds. The lowest BCUT2D eigenvalue weighted by atomic mass is 10.2. The van der Waals surface area contributed by atoms with Crippen molar-refractivity contribution in [3.8, 4) is 17.6 Å². The quantitative estimate of drug-likeness (QED) is 0.804. The van der Waals surface area contributed by atoms with Gasteiger partial charge >= 0.3 is 0 Å². The van der Waals surface area contributed by atoms with Gasteiger partial charge in [0.25, 0.3) is 5.91 Å². The number of ether oxygens (including phenoxy) is 1. The van der Waals surface area contributed by atoms with Crippen molar-refractivity contribution in [2.45, 2.75) is 26.9 Å². The van der Waals surface area contributed by atoms with E-state index in [9.17, 15) is 4.79 Å². The summed E-state index contributed by atoms with van der Waals surface area (Å²) in [5.41, 5.74) is 1.08. The van der Waals surface area contributed by atoms with Gasteiger partial charge in [-0.25, -0.2) is 0 Å². The van der Waals surface area contributed by atoms with Crippen LogP contribution in [0.15, 0.2) is 24.3 Å². The van der Waals surface area contributed by atoms with Crippen molar-refractivity contribution in [1.82, 2.24) is 5.32 Å². The van der Waals surface area contributed by atoms with Gasteiger partial charge in [0.2, 0.25) is 0 Å². The SMILES string of the molecule is CC#CC(=O)NCC(C)Oc1ccccc1C. The summed E-state index contributed by atoms with van der Waals surface area (Å²) in [6.07, 6.45) is -0.0845. The van der Waals surface area contributed by atoms with Crippen LogP contribution < -0.4 is 10.1 Å². The fourth-order valence-corrected chi connectivity index (χ4v) is 1.34. The van der Waals surface area contributed by atoms with Crippen LogP contribution in [0.2, 0.25) is 0 Å². The summed E-state index contributed by atoms with van der Waals surface area (Å²) >= 11 is 0. The van der Waals surface area contributed by atoms with E-state index in [2.05, 4.69) is 17.2 Å². The first-order valence-electron chi connectivity index (χ1n) is 5.56. The number of amides is 1. The molecule has 3 nitrogen and oxygen atoms in total. The topological polar surface area (TPSA) is 38.3 Å². The van der Waals surface area contributed by atoms with Crippen molar-refractivity contribution < 1.29 is 9.53 Å². The molecule has 17 heavy (non-hydrogen) atoms. The Morgan fingerprint density at radius 3 is 2.82 bits per heavy atom. The molecule has 1 aromatic rings. The van der Waals surface area contributed by atoms with Crippen LogP contribution in [0.25, 0.3) is 0 Å². The van der Waals surface area contributed by atoms with E-state index in [1.165, 1.54) is 0 Å². The molecule has 0 bridgehead atoms. The average Bonchev–Trinajstić information content (AvgIpc) is 2.30. The number of aryl methyl sites for hydroxylation is 1. The molecule has 3 heteroatoms. The van der Waals surface area contributed by atoms with Crippen molar-refractivity contribution in [1.29, 1.82) is 0 Å². The molecule has 1 atom stereocenters. The molecule has 90 valence electrons. The normalized spacial score (nSPS) is 11.0. The van der Waals surface area contributed by atoms with Gasteiger partial charge in [0, 0.05) is 0 Å². The van der Waals surface area contributed by atoms with Gasteiger partial charge in [-0.15, -0.1) is 0 Å². The molecule has 0 aliphatic rings. The van der Waals surface area contributed by atoms with E-state index >= 15 is 0 Å². The Balaban J connectivity index is 2.44. The fraction of sp³-hybridized carbons (Fsp3) is 0.357. The van der Waals surface area contributed by atoms with Crippen molar-refractivity contribution >= 4 is 5.91 Å². The highest BCUT2D eigenvalue weighted by atomic mass is 16.5. The summed E-state index contributed by atoms with van der Waals surface area (Å²) in [5.74, 6) is 5.54. The maximum absolute atomic E-state index is 11.1. The number of carbonyl (C=O) groups is 1. The third kappa shape index (κ3) is 4.60. The lowest BCUT2D eigenvalue weighted by Gasteiger charge is -2.16. The maximum Gasteiger partial charge on any atom is 0.296 e. The highest BCUT2D eigenvalue weighted by Crippen LogP contribution is 2.17. The minimum absolute atomic E-state index is 0.0845. The Bertz CT molecular complexity index is 443. The van der Waals surface area contributed by atoms with E-state index < -0.39 is 0 Å². The van der Waals surface area contributed by atoms with Crippen LogP contribution in [0.4, 0.5) is 0 Å². The third-order valence-corrected chi connectivity index (χ3v) is 2.21. The van der Waals surface area contributed by atoms with Gasteiger partial charge in [0.05, 0.1) is 6.54 Å². The minimum Gasteiger partial charge on any atom is -0.489 e. The standard InChI is InChI=1S/C14H17NO2/c1-4-7-14(16)15-10-12(3)17-13-9-6-5-8-11(13)2/h5-6,8-9,12H,10H2,1-3H3,(H,15,16). The molecule has 0 aliphatic carbocycles. The molecule has 1 N–H and O–H groups in total. The molecule has 0 saturated heterocycles. The summed E-state index contributed by atoms with van der Waals surface area (Å²) in [6.45, 7) is 5.98. The summed E-state index contributed by atoms with van der Waals surface area (Å²) in [4.78, 5) is 11.1. The summed E-state index contributed by atoms with van der Waals surface area (Å²) in [7, 11) is 0. The predicted octanol–water partition coefficient (Wildman–Crippen LogP) is 1.90. The highest BCUT2D eigenvalue weighted by Gasteiger charge is 2.06. The van der Waals surface area contributed by atoms with Gasteiger partial charge in [0.1, 0.15) is 11.9 Å². The summed E-state index contributed by atoms with van der Waals surface area (Å²) in [5, 5.41) is 2.69. The van der Waals surface area contributed by atoms with Gasteiger partial charge in [-0.3, -0.25) is 4.79 Å². The highest BCUT2D eigenvalue weighted by molar-refractivity contribution is 5.93. The zero-order valence-electron chi connectivity index (χ0n) is 10.4. The van der Waals surface area contributed by atoms with E-state index in [0.29, 0.717) is 6.54 Å². The van der Waals surface area contributed by atoms with Gasteiger partial charge in [-0.2, -0.15) is 0 Å². The molecule has 0 saturated carbocycles. The minimum atomic E-state index is -0.271. The van der Waals surface area contributed by atoms with Crippen molar-refractivity contribution in [3.63, 3.8) is 0 Å². The second kappa shape index (κ2) is 6.59. The van der Waals surface area contributed by atoms with Crippen molar-refractivity contribution in [2.75, 3.05) is 6.54 Å². The molecule has 1 rings (SSSR count). The third-order valence-electron chi connectivity index (χ3n) is 2.21. The monoisotopic (exact) mass is 231 g/mol. The first-order valence-corrected chi connectivity index (χ1v) is 5.56. The second-order valence-electron chi connectivity index (χ2n) is 3.78. The number of para-hydroxylation sites is 1. The predicted molar refractivity (Wildman–Crippen MR) is 67.7 cm³/mol. The van der Waals surface area contributed by atoms with E-state index in [1.54, 1.807) is 6.92 Å². The molecule has 0 radical (unpaired) electrons. The number of hydrogen-bond acceptors (Lipinski definition) is 2. The van der Waals surface area contributed by atoms with Gasteiger partial charge < -0.3 is 10.1 Å². The van der Waals surface area contributed by atoms with E-state index in [1.807, 2.05) is 38.1 Å². The molecule has 0 aromatic heterocycles. The molecular formula is C14H17NO2. The Morgan fingerprint density at radius 2 is 2.18 bits per heavy atom. The Labute approximate surface area is 102 Å². The van der Waals surface area contributed by atoms with Gasteiger partial charge in [-0.05, 0) is 38.3 Å². The Kier molecular flexibility index (Phi) is 5.09. The zero-order chi connectivity index (χ0) is 12.7. The maximum atomic E-state index is 11.1. The van der Waals surface area contributed by atoms with Crippen LogP contribution in [0, 0.1) is 18.8 Å². The molecule has 1 aromatic carbocycles. The number of nitrogens with one attached hydrogen (secondary N) is 1. The molecule has 1 unspecified atom stereocenters. The van der Waals surface area contributed by atoms with Gasteiger partial charge in [0.15, 0.2) is 0 Å². The molecule has 0 heterocycles. The van der Waals surface area contributed by atoms with E-state index in [-0.39, 0.29) is 12.0 Å². The summed E-state index contributed by atoms with van der Waals surface area (Å²) < 4.78 is 5.71. The van der Waals surface area contributed by atoms with E-state index in [4.69, 9.17) is 4.74 Å².